The van der Waals surface area contributed by atoms with Crippen LogP contribution in [0.5, 0.6) is 0 Å². The van der Waals surface area contributed by atoms with E-state index in [0.29, 0.717) is 119 Å². The summed E-state index contributed by atoms with van der Waals surface area (Å²) in [7, 11) is 0. The van der Waals surface area contributed by atoms with E-state index < -0.39 is 0 Å². The van der Waals surface area contributed by atoms with Crippen LogP contribution in [0.15, 0.2) is 12.7 Å². The molecule has 182 valence electrons. The Balaban J connectivity index is 2.99. The Labute approximate surface area is 187 Å². The van der Waals surface area contributed by atoms with Gasteiger partial charge in [0, 0.05) is 0 Å². The van der Waals surface area contributed by atoms with Crippen LogP contribution in [-0.4, -0.2) is 119 Å². The minimum atomic E-state index is 0.313. The van der Waals surface area contributed by atoms with Crippen LogP contribution < -0.4 is 0 Å². The van der Waals surface area contributed by atoms with Gasteiger partial charge in [-0.1, -0.05) is 12.0 Å². The predicted molar refractivity (Wildman–Crippen MR) is 116 cm³/mol. The molecule has 0 aliphatic carbocycles. The van der Waals surface area contributed by atoms with E-state index in [0.717, 1.165) is 0 Å². The molecular formula is C22H40O9. The van der Waals surface area contributed by atoms with Crippen LogP contribution in [0.1, 0.15) is 0 Å². The average molecular weight is 449 g/mol. The molecule has 0 unspecified atom stereocenters. The minimum Gasteiger partial charge on any atom is -0.377 e. The van der Waals surface area contributed by atoms with E-state index in [1.165, 1.54) is 0 Å². The van der Waals surface area contributed by atoms with E-state index in [2.05, 4.69) is 12.5 Å². The van der Waals surface area contributed by atoms with Gasteiger partial charge >= 0.3 is 0 Å². The molecule has 0 saturated heterocycles. The summed E-state index contributed by atoms with van der Waals surface area (Å²) in [5.74, 6) is 2.39. The summed E-state index contributed by atoms with van der Waals surface area (Å²) in [6, 6.07) is 0. The van der Waals surface area contributed by atoms with Crippen LogP contribution in [0.25, 0.3) is 0 Å². The van der Waals surface area contributed by atoms with Gasteiger partial charge in [-0.05, 0) is 0 Å². The lowest BCUT2D eigenvalue weighted by atomic mass is 10.6. The van der Waals surface area contributed by atoms with Crippen molar-refractivity contribution < 1.29 is 42.6 Å². The first-order valence-electron chi connectivity index (χ1n) is 10.7. The molecular weight excluding hydrogens is 408 g/mol. The Hall–Kier alpha value is -1.06. The lowest BCUT2D eigenvalue weighted by Crippen LogP contribution is -2.15. The van der Waals surface area contributed by atoms with Gasteiger partial charge in [-0.3, -0.25) is 0 Å². The third-order valence-electron chi connectivity index (χ3n) is 3.40. The molecule has 0 aromatic carbocycles. The fourth-order valence-corrected chi connectivity index (χ4v) is 1.96. The maximum absolute atomic E-state index is 5.42. The summed E-state index contributed by atoms with van der Waals surface area (Å²) in [5.41, 5.74) is 0. The van der Waals surface area contributed by atoms with Gasteiger partial charge < -0.3 is 42.6 Å². The highest BCUT2D eigenvalue weighted by Crippen LogP contribution is 1.86. The monoisotopic (exact) mass is 448 g/mol. The Morgan fingerprint density at radius 3 is 0.968 bits per heavy atom. The molecule has 9 heteroatoms. The molecule has 0 fully saturated rings. The number of rotatable bonds is 27. The van der Waals surface area contributed by atoms with E-state index in [1.807, 2.05) is 0 Å². The zero-order chi connectivity index (χ0) is 22.5. The van der Waals surface area contributed by atoms with Crippen molar-refractivity contribution in [1.29, 1.82) is 0 Å². The maximum atomic E-state index is 5.42. The molecule has 0 aromatic rings. The van der Waals surface area contributed by atoms with Crippen LogP contribution in [-0.2, 0) is 42.6 Å². The van der Waals surface area contributed by atoms with Crippen LogP contribution >= 0.6 is 0 Å². The summed E-state index contributed by atoms with van der Waals surface area (Å²) in [5, 5.41) is 0. The summed E-state index contributed by atoms with van der Waals surface area (Å²) in [6.45, 7) is 12.9. The Morgan fingerprint density at radius 1 is 0.452 bits per heavy atom. The summed E-state index contributed by atoms with van der Waals surface area (Å²) in [4.78, 5) is 0. The summed E-state index contributed by atoms with van der Waals surface area (Å²) in [6.07, 6.45) is 6.77. The lowest BCUT2D eigenvalue weighted by Gasteiger charge is -2.08. The molecule has 0 spiro atoms. The largest absolute Gasteiger partial charge is 0.377 e. The highest BCUT2D eigenvalue weighted by Gasteiger charge is 1.95. The Morgan fingerprint density at radius 2 is 0.710 bits per heavy atom. The SMILES string of the molecule is C#CCOCCOCCOCCOCCOCCOCCOCCOCCOCC=C. The minimum absolute atomic E-state index is 0.313. The van der Waals surface area contributed by atoms with Crippen molar-refractivity contribution in [2.75, 3.05) is 119 Å². The maximum Gasteiger partial charge on any atom is 0.107 e. The molecule has 0 aromatic heterocycles. The van der Waals surface area contributed by atoms with E-state index in [1.54, 1.807) is 6.08 Å². The Kier molecular flexibility index (Phi) is 28.0. The van der Waals surface area contributed by atoms with Crippen molar-refractivity contribution in [2.45, 2.75) is 0 Å². The van der Waals surface area contributed by atoms with E-state index >= 15 is 0 Å². The predicted octanol–water partition coefficient (Wildman–Crippen LogP) is 0.955. The van der Waals surface area contributed by atoms with Crippen LogP contribution in [0.4, 0.5) is 0 Å². The quantitative estimate of drug-likeness (QED) is 0.104. The number of hydrogen-bond donors (Lipinski definition) is 0. The Bertz CT molecular complexity index is 388. The molecule has 0 heterocycles. The second-order valence-corrected chi connectivity index (χ2v) is 5.91. The zero-order valence-electron chi connectivity index (χ0n) is 18.8. The average Bonchev–Trinajstić information content (AvgIpc) is 2.78. The normalized spacial score (nSPS) is 10.9. The molecule has 0 N–H and O–H groups in total. The van der Waals surface area contributed by atoms with Crippen LogP contribution in [0.2, 0.25) is 0 Å². The topological polar surface area (TPSA) is 83.1 Å². The van der Waals surface area contributed by atoms with Gasteiger partial charge in [0.25, 0.3) is 0 Å². The van der Waals surface area contributed by atoms with Gasteiger partial charge in [-0.15, -0.1) is 13.0 Å². The van der Waals surface area contributed by atoms with Gasteiger partial charge in [0.2, 0.25) is 0 Å². The van der Waals surface area contributed by atoms with Gasteiger partial charge in [-0.25, -0.2) is 0 Å². The molecule has 0 bridgehead atoms. The van der Waals surface area contributed by atoms with E-state index in [4.69, 9.17) is 49.1 Å². The number of hydrogen-bond acceptors (Lipinski definition) is 9. The fraction of sp³-hybridized carbons (Fsp3) is 0.818. The van der Waals surface area contributed by atoms with Gasteiger partial charge in [0.05, 0.1) is 112 Å². The first-order valence-corrected chi connectivity index (χ1v) is 10.7. The zero-order valence-corrected chi connectivity index (χ0v) is 18.8. The fourth-order valence-electron chi connectivity index (χ4n) is 1.96. The van der Waals surface area contributed by atoms with Crippen molar-refractivity contribution in [3.63, 3.8) is 0 Å². The molecule has 0 amide bonds. The smallest absolute Gasteiger partial charge is 0.107 e. The molecule has 0 aliphatic heterocycles. The van der Waals surface area contributed by atoms with Crippen molar-refractivity contribution in [1.82, 2.24) is 0 Å². The van der Waals surface area contributed by atoms with Gasteiger partial charge in [0.1, 0.15) is 6.61 Å². The standard InChI is InChI=1S/C22H40O9/c1-3-5-23-7-9-25-11-13-27-15-17-29-19-21-31-22-20-30-18-16-28-14-12-26-10-8-24-6-4-2/h1,4H,2,5-22H2. The third-order valence-corrected chi connectivity index (χ3v) is 3.40. The van der Waals surface area contributed by atoms with Crippen molar-refractivity contribution in [3.8, 4) is 12.3 Å². The van der Waals surface area contributed by atoms with E-state index in [9.17, 15) is 0 Å². The number of terminal acetylenes is 1. The van der Waals surface area contributed by atoms with Crippen molar-refractivity contribution >= 4 is 0 Å². The molecule has 0 saturated carbocycles. The van der Waals surface area contributed by atoms with Crippen LogP contribution in [0, 0.1) is 12.3 Å². The highest BCUT2D eigenvalue weighted by molar-refractivity contribution is 4.82. The second-order valence-electron chi connectivity index (χ2n) is 5.91. The molecule has 9 nitrogen and oxygen atoms in total. The molecule has 0 aliphatic rings. The van der Waals surface area contributed by atoms with Crippen molar-refractivity contribution in [2.24, 2.45) is 0 Å². The summed E-state index contributed by atoms with van der Waals surface area (Å²) >= 11 is 0. The second kappa shape index (κ2) is 28.9. The van der Waals surface area contributed by atoms with Crippen molar-refractivity contribution in [3.05, 3.63) is 12.7 Å². The summed E-state index contributed by atoms with van der Waals surface area (Å²) < 4.78 is 48.0. The van der Waals surface area contributed by atoms with E-state index in [-0.39, 0.29) is 0 Å². The first kappa shape index (κ1) is 29.9. The number of ether oxygens (including phenoxy) is 9. The third kappa shape index (κ3) is 28.9. The molecule has 0 rings (SSSR count). The molecule has 0 radical (unpaired) electrons. The van der Waals surface area contributed by atoms with Gasteiger partial charge in [-0.2, -0.15) is 0 Å². The first-order chi connectivity index (χ1) is 15.4. The lowest BCUT2D eigenvalue weighted by molar-refractivity contribution is -0.0241. The van der Waals surface area contributed by atoms with Gasteiger partial charge in [0.15, 0.2) is 0 Å². The van der Waals surface area contributed by atoms with Crippen LogP contribution in [0.3, 0.4) is 0 Å². The highest BCUT2D eigenvalue weighted by atomic mass is 16.6. The molecule has 0 atom stereocenters. The molecule has 31 heavy (non-hydrogen) atoms.